The van der Waals surface area contributed by atoms with E-state index in [2.05, 4.69) is 5.32 Å². The number of carbonyl (C=O) groups is 1. The Morgan fingerprint density at radius 3 is 2.36 bits per heavy atom. The monoisotopic (exact) mass is 196 g/mol. The minimum Gasteiger partial charge on any atom is -0.402 e. The van der Waals surface area contributed by atoms with Crippen LogP contribution in [0.2, 0.25) is 0 Å². The molecule has 3 heteroatoms. The maximum absolute atomic E-state index is 11.1. The molecule has 0 aliphatic heterocycles. The van der Waals surface area contributed by atoms with Gasteiger partial charge in [0.2, 0.25) is 5.91 Å². The van der Waals surface area contributed by atoms with Crippen molar-refractivity contribution in [1.82, 2.24) is 5.32 Å². The maximum Gasteiger partial charge on any atom is 0.245 e. The summed E-state index contributed by atoms with van der Waals surface area (Å²) in [5.74, 6) is 0.335. The number of amides is 1. The van der Waals surface area contributed by atoms with Gasteiger partial charge in [-0.15, -0.1) is 0 Å². The third kappa shape index (κ3) is 3.40. The number of rotatable bonds is 2. The van der Waals surface area contributed by atoms with Crippen molar-refractivity contribution in [2.75, 3.05) is 7.05 Å². The highest BCUT2D eigenvalue weighted by molar-refractivity contribution is 5.87. The van der Waals surface area contributed by atoms with E-state index in [4.69, 9.17) is 5.73 Å². The van der Waals surface area contributed by atoms with E-state index in [1.807, 2.05) is 0 Å². The lowest BCUT2D eigenvalue weighted by Gasteiger charge is -2.13. The van der Waals surface area contributed by atoms with Gasteiger partial charge < -0.3 is 11.1 Å². The fraction of sp³-hybridized carbons (Fsp3) is 0.727. The van der Waals surface area contributed by atoms with Crippen molar-refractivity contribution in [3.8, 4) is 0 Å². The Morgan fingerprint density at radius 1 is 1.29 bits per heavy atom. The van der Waals surface area contributed by atoms with Crippen LogP contribution in [-0.4, -0.2) is 13.0 Å². The van der Waals surface area contributed by atoms with E-state index in [9.17, 15) is 4.79 Å². The molecule has 0 unspecified atom stereocenters. The quantitative estimate of drug-likeness (QED) is 0.520. The zero-order valence-electron chi connectivity index (χ0n) is 8.88. The van der Waals surface area contributed by atoms with Gasteiger partial charge in [-0.3, -0.25) is 4.79 Å². The van der Waals surface area contributed by atoms with Gasteiger partial charge in [-0.05, 0) is 18.8 Å². The zero-order valence-corrected chi connectivity index (χ0v) is 8.88. The van der Waals surface area contributed by atoms with Crippen LogP contribution in [-0.2, 0) is 4.79 Å². The molecule has 0 aromatic heterocycles. The van der Waals surface area contributed by atoms with Crippen molar-refractivity contribution in [2.45, 2.75) is 38.5 Å². The molecule has 0 spiro atoms. The molecule has 1 amide bonds. The lowest BCUT2D eigenvalue weighted by Crippen LogP contribution is -2.19. The minimum atomic E-state index is -0.0910. The molecule has 14 heavy (non-hydrogen) atoms. The summed E-state index contributed by atoms with van der Waals surface area (Å²) >= 11 is 0. The topological polar surface area (TPSA) is 55.1 Å². The number of hydrogen-bond donors (Lipinski definition) is 2. The van der Waals surface area contributed by atoms with Crippen molar-refractivity contribution >= 4 is 5.91 Å². The van der Waals surface area contributed by atoms with Crippen molar-refractivity contribution in [1.29, 1.82) is 0 Å². The standard InChI is InChI=1S/C11H20N2O/c1-13-11(14)8-10(12)9-6-4-2-3-5-7-9/h8-9H,2-7,12H2,1H3,(H,13,14)/b10-8-. The number of allylic oxidation sites excluding steroid dienone is 1. The van der Waals surface area contributed by atoms with Crippen molar-refractivity contribution in [2.24, 2.45) is 11.7 Å². The second-order valence-electron chi connectivity index (χ2n) is 3.95. The molecule has 3 nitrogen and oxygen atoms in total. The average Bonchev–Trinajstić information content (AvgIpc) is 2.45. The van der Waals surface area contributed by atoms with Gasteiger partial charge in [0.25, 0.3) is 0 Å². The predicted molar refractivity (Wildman–Crippen MR) is 57.5 cm³/mol. The number of likely N-dealkylation sites (N-methyl/N-ethyl adjacent to an activating group) is 1. The number of hydrogen-bond acceptors (Lipinski definition) is 2. The second kappa shape index (κ2) is 5.68. The van der Waals surface area contributed by atoms with Crippen LogP contribution >= 0.6 is 0 Å². The smallest absolute Gasteiger partial charge is 0.245 e. The lowest BCUT2D eigenvalue weighted by atomic mass is 9.96. The van der Waals surface area contributed by atoms with E-state index < -0.39 is 0 Å². The molecular weight excluding hydrogens is 176 g/mol. The Morgan fingerprint density at radius 2 is 1.86 bits per heavy atom. The molecule has 1 aliphatic carbocycles. The molecule has 80 valence electrons. The summed E-state index contributed by atoms with van der Waals surface area (Å²) in [6.07, 6.45) is 8.92. The Kier molecular flexibility index (Phi) is 4.50. The summed E-state index contributed by atoms with van der Waals surface area (Å²) in [6.45, 7) is 0. The molecule has 0 aromatic rings. The van der Waals surface area contributed by atoms with E-state index in [1.165, 1.54) is 31.8 Å². The Bertz CT molecular complexity index is 215. The van der Waals surface area contributed by atoms with E-state index in [1.54, 1.807) is 7.05 Å². The zero-order chi connectivity index (χ0) is 10.4. The molecule has 1 rings (SSSR count). The van der Waals surface area contributed by atoms with Gasteiger partial charge in [0.05, 0.1) is 0 Å². The van der Waals surface area contributed by atoms with Gasteiger partial charge in [-0.25, -0.2) is 0 Å². The summed E-state index contributed by atoms with van der Waals surface area (Å²) in [7, 11) is 1.62. The van der Waals surface area contributed by atoms with E-state index in [-0.39, 0.29) is 5.91 Å². The van der Waals surface area contributed by atoms with Crippen LogP contribution in [0.4, 0.5) is 0 Å². The number of carbonyl (C=O) groups excluding carboxylic acids is 1. The first kappa shape index (κ1) is 11.1. The highest BCUT2D eigenvalue weighted by Crippen LogP contribution is 2.26. The molecule has 0 saturated heterocycles. The molecule has 1 saturated carbocycles. The van der Waals surface area contributed by atoms with Crippen molar-refractivity contribution in [3.63, 3.8) is 0 Å². The number of nitrogens with one attached hydrogen (secondary N) is 1. The first-order valence-electron chi connectivity index (χ1n) is 5.43. The van der Waals surface area contributed by atoms with Crippen molar-refractivity contribution < 1.29 is 4.79 Å². The van der Waals surface area contributed by atoms with Crippen LogP contribution < -0.4 is 11.1 Å². The average molecular weight is 196 g/mol. The third-order valence-corrected chi connectivity index (χ3v) is 2.87. The molecule has 0 aromatic carbocycles. The molecule has 0 radical (unpaired) electrons. The van der Waals surface area contributed by atoms with E-state index >= 15 is 0 Å². The molecule has 1 fully saturated rings. The minimum absolute atomic E-state index is 0.0910. The van der Waals surface area contributed by atoms with Crippen LogP contribution in [0.5, 0.6) is 0 Å². The van der Waals surface area contributed by atoms with E-state index in [0.29, 0.717) is 5.92 Å². The fourth-order valence-corrected chi connectivity index (χ4v) is 1.95. The Hall–Kier alpha value is -0.990. The number of nitrogens with two attached hydrogens (primary N) is 1. The molecule has 1 aliphatic rings. The van der Waals surface area contributed by atoms with Gasteiger partial charge in [0.15, 0.2) is 0 Å². The van der Waals surface area contributed by atoms with Crippen LogP contribution in [0.15, 0.2) is 11.8 Å². The molecule has 0 heterocycles. The first-order valence-corrected chi connectivity index (χ1v) is 5.43. The molecule has 0 atom stereocenters. The molecular formula is C11H20N2O. The largest absolute Gasteiger partial charge is 0.402 e. The van der Waals surface area contributed by atoms with Crippen LogP contribution in [0.25, 0.3) is 0 Å². The summed E-state index contributed by atoms with van der Waals surface area (Å²) < 4.78 is 0. The second-order valence-corrected chi connectivity index (χ2v) is 3.95. The SMILES string of the molecule is CNC(=O)/C=C(\N)C1CCCCCC1. The van der Waals surface area contributed by atoms with Crippen LogP contribution in [0.1, 0.15) is 38.5 Å². The summed E-state index contributed by atoms with van der Waals surface area (Å²) in [6, 6.07) is 0. The molecule has 3 N–H and O–H groups in total. The van der Waals surface area contributed by atoms with Crippen molar-refractivity contribution in [3.05, 3.63) is 11.8 Å². The predicted octanol–water partition coefficient (Wildman–Crippen LogP) is 1.55. The van der Waals surface area contributed by atoms with Gasteiger partial charge in [0, 0.05) is 18.8 Å². The van der Waals surface area contributed by atoms with Gasteiger partial charge in [-0.1, -0.05) is 25.7 Å². The Labute approximate surface area is 85.7 Å². The van der Waals surface area contributed by atoms with E-state index in [0.717, 1.165) is 18.5 Å². The summed E-state index contributed by atoms with van der Waals surface area (Å²) in [4.78, 5) is 11.1. The van der Waals surface area contributed by atoms with Crippen LogP contribution in [0, 0.1) is 5.92 Å². The fourth-order valence-electron chi connectivity index (χ4n) is 1.95. The lowest BCUT2D eigenvalue weighted by molar-refractivity contribution is -0.116. The highest BCUT2D eigenvalue weighted by Gasteiger charge is 2.14. The third-order valence-electron chi connectivity index (χ3n) is 2.87. The maximum atomic E-state index is 11.1. The first-order chi connectivity index (χ1) is 6.74. The summed E-state index contributed by atoms with van der Waals surface area (Å²) in [5.41, 5.74) is 6.65. The summed E-state index contributed by atoms with van der Waals surface area (Å²) in [5, 5.41) is 2.56. The highest BCUT2D eigenvalue weighted by atomic mass is 16.1. The van der Waals surface area contributed by atoms with Gasteiger partial charge in [0.1, 0.15) is 0 Å². The van der Waals surface area contributed by atoms with Crippen LogP contribution in [0.3, 0.4) is 0 Å². The van der Waals surface area contributed by atoms with Gasteiger partial charge in [-0.2, -0.15) is 0 Å². The normalized spacial score (nSPS) is 20.2. The van der Waals surface area contributed by atoms with Gasteiger partial charge >= 0.3 is 0 Å². The molecule has 0 bridgehead atoms. The Balaban J connectivity index is 2.52.